The molecule has 2 amide bonds. The van der Waals surface area contributed by atoms with Crippen LogP contribution in [0.2, 0.25) is 0 Å². The molecule has 1 atom stereocenters. The Kier molecular flexibility index (Phi) is 13.4. The number of carboxylic acid groups (broad SMARTS) is 1. The minimum Gasteiger partial charge on any atom is -0.481 e. The number of aliphatic carboxylic acids is 1. The zero-order chi connectivity index (χ0) is 29.5. The van der Waals surface area contributed by atoms with E-state index in [9.17, 15) is 19.2 Å². The molecule has 2 aromatic rings. The maximum absolute atomic E-state index is 13.1. The van der Waals surface area contributed by atoms with Gasteiger partial charge >= 0.3 is 12.1 Å². The first-order chi connectivity index (χ1) is 19.0. The van der Waals surface area contributed by atoms with Crippen molar-refractivity contribution in [2.24, 2.45) is 5.92 Å². The Morgan fingerprint density at radius 2 is 1.48 bits per heavy atom. The van der Waals surface area contributed by atoms with Gasteiger partial charge in [-0.15, -0.1) is 0 Å². The highest BCUT2D eigenvalue weighted by atomic mass is 16.6. The van der Waals surface area contributed by atoms with Crippen molar-refractivity contribution in [3.05, 3.63) is 59.7 Å². The number of unbranched alkanes of at least 4 members (excludes halogenated alkanes) is 2. The summed E-state index contributed by atoms with van der Waals surface area (Å²) in [7, 11) is 0. The van der Waals surface area contributed by atoms with Gasteiger partial charge in [0.25, 0.3) is 0 Å². The van der Waals surface area contributed by atoms with Crippen molar-refractivity contribution in [1.82, 2.24) is 10.6 Å². The number of rotatable bonds is 16. The number of aryl methyl sites for hydroxylation is 1. The molecule has 0 heterocycles. The Morgan fingerprint density at radius 1 is 0.850 bits per heavy atom. The Hall–Kier alpha value is -3.68. The average molecular weight is 553 g/mol. The van der Waals surface area contributed by atoms with Crippen molar-refractivity contribution >= 4 is 23.8 Å². The number of carbonyl (C=O) groups excluding carboxylic acids is 3. The summed E-state index contributed by atoms with van der Waals surface area (Å²) in [5.74, 6) is -2.09. The lowest BCUT2D eigenvalue weighted by molar-refractivity contribution is -0.137. The quantitative estimate of drug-likeness (QED) is 0.169. The van der Waals surface area contributed by atoms with E-state index < -0.39 is 23.6 Å². The van der Waals surface area contributed by atoms with Crippen molar-refractivity contribution in [2.75, 3.05) is 13.1 Å². The van der Waals surface area contributed by atoms with Gasteiger partial charge in [-0.2, -0.15) is 0 Å². The van der Waals surface area contributed by atoms with Crippen molar-refractivity contribution < 1.29 is 29.0 Å². The van der Waals surface area contributed by atoms with Gasteiger partial charge in [0.1, 0.15) is 5.60 Å². The smallest absolute Gasteiger partial charge is 0.407 e. The highest BCUT2D eigenvalue weighted by Crippen LogP contribution is 2.23. The second-order valence-corrected chi connectivity index (χ2v) is 11.1. The normalized spacial score (nSPS) is 11.9. The van der Waals surface area contributed by atoms with E-state index in [1.807, 2.05) is 12.1 Å². The maximum atomic E-state index is 13.1. The molecule has 40 heavy (non-hydrogen) atoms. The van der Waals surface area contributed by atoms with E-state index in [0.717, 1.165) is 30.4 Å². The fourth-order valence-corrected chi connectivity index (χ4v) is 4.22. The molecule has 0 bridgehead atoms. The number of alkyl carbamates (subject to hydrolysis) is 1. The largest absolute Gasteiger partial charge is 0.481 e. The first-order valence-corrected chi connectivity index (χ1v) is 14.2. The summed E-state index contributed by atoms with van der Waals surface area (Å²) < 4.78 is 5.22. The number of benzene rings is 2. The van der Waals surface area contributed by atoms with Crippen molar-refractivity contribution in [3.8, 4) is 11.1 Å². The van der Waals surface area contributed by atoms with Crippen LogP contribution in [0, 0.1) is 5.92 Å². The third-order valence-corrected chi connectivity index (χ3v) is 6.40. The van der Waals surface area contributed by atoms with E-state index in [1.54, 1.807) is 32.9 Å². The zero-order valence-electron chi connectivity index (χ0n) is 24.3. The first kappa shape index (κ1) is 32.5. The van der Waals surface area contributed by atoms with Crippen LogP contribution in [0.25, 0.3) is 11.1 Å². The van der Waals surface area contributed by atoms with Gasteiger partial charge in [-0.3, -0.25) is 14.4 Å². The molecule has 0 aliphatic rings. The Balaban J connectivity index is 1.96. The van der Waals surface area contributed by atoms with Gasteiger partial charge in [0, 0.05) is 31.0 Å². The third-order valence-electron chi connectivity index (χ3n) is 6.40. The van der Waals surface area contributed by atoms with E-state index in [0.29, 0.717) is 31.4 Å². The Bertz CT molecular complexity index is 1100. The van der Waals surface area contributed by atoms with E-state index in [1.165, 1.54) is 5.56 Å². The predicted molar refractivity (Wildman–Crippen MR) is 156 cm³/mol. The lowest BCUT2D eigenvalue weighted by Gasteiger charge is -2.20. The van der Waals surface area contributed by atoms with Crippen LogP contribution in [0.1, 0.15) is 88.6 Å². The number of carbonyl (C=O) groups is 4. The molecule has 0 aliphatic carbocycles. The molecule has 0 unspecified atom stereocenters. The molecule has 2 rings (SSSR count). The van der Waals surface area contributed by atoms with Crippen molar-refractivity contribution in [2.45, 2.75) is 84.7 Å². The van der Waals surface area contributed by atoms with Gasteiger partial charge in [0.2, 0.25) is 5.91 Å². The number of Topliss-reactive ketones (excluding diaryl/α,β-unsaturated/α-hetero) is 1. The second kappa shape index (κ2) is 16.4. The lowest BCUT2D eigenvalue weighted by atomic mass is 9.92. The molecule has 8 heteroatoms. The van der Waals surface area contributed by atoms with E-state index in [-0.39, 0.29) is 31.1 Å². The van der Waals surface area contributed by atoms with Gasteiger partial charge in [0.05, 0.1) is 6.42 Å². The van der Waals surface area contributed by atoms with Crippen molar-refractivity contribution in [3.63, 3.8) is 0 Å². The van der Waals surface area contributed by atoms with Gasteiger partial charge in [-0.25, -0.2) is 4.79 Å². The summed E-state index contributed by atoms with van der Waals surface area (Å²) in [6, 6.07) is 15.9. The Morgan fingerprint density at radius 3 is 2.05 bits per heavy atom. The molecule has 0 spiro atoms. The molecule has 0 fully saturated rings. The van der Waals surface area contributed by atoms with Crippen LogP contribution in [0.15, 0.2) is 48.5 Å². The summed E-state index contributed by atoms with van der Waals surface area (Å²) in [5, 5.41) is 14.2. The number of carboxylic acids is 1. The second-order valence-electron chi connectivity index (χ2n) is 11.1. The minimum absolute atomic E-state index is 0.00495. The predicted octanol–water partition coefficient (Wildman–Crippen LogP) is 6.17. The zero-order valence-corrected chi connectivity index (χ0v) is 24.3. The molecule has 2 aromatic carbocycles. The fraction of sp³-hybridized carbons (Fsp3) is 0.500. The van der Waals surface area contributed by atoms with Gasteiger partial charge in [-0.05, 0) is 63.1 Å². The number of hydrogen-bond donors (Lipinski definition) is 3. The number of amides is 2. The summed E-state index contributed by atoms with van der Waals surface area (Å²) >= 11 is 0. The van der Waals surface area contributed by atoms with Gasteiger partial charge in [-0.1, -0.05) is 68.3 Å². The highest BCUT2D eigenvalue weighted by Gasteiger charge is 2.23. The molecule has 0 saturated carbocycles. The molecule has 8 nitrogen and oxygen atoms in total. The van der Waals surface area contributed by atoms with E-state index >= 15 is 0 Å². The van der Waals surface area contributed by atoms with Crippen LogP contribution in [0.5, 0.6) is 0 Å². The molecule has 218 valence electrons. The number of nitrogens with one attached hydrogen (secondary N) is 2. The van der Waals surface area contributed by atoms with E-state index in [4.69, 9.17) is 9.84 Å². The summed E-state index contributed by atoms with van der Waals surface area (Å²) in [5.41, 5.74) is 3.35. The van der Waals surface area contributed by atoms with E-state index in [2.05, 4.69) is 41.8 Å². The molecule has 3 N–H and O–H groups in total. The standard InChI is InChI=1S/C32H44N2O6/c1-5-6-9-23-11-13-24(14-12-23)25-15-17-26(18-16-25)28(35)22-27(30(38)33-21-19-29(36)37)10-7-8-20-34-31(39)40-32(2,3)4/h11-18,27H,5-10,19-22H2,1-4H3,(H,33,38)(H,34,39)(H,36,37)/t27-/m1/s1. The number of hydrogen-bond acceptors (Lipinski definition) is 5. The third kappa shape index (κ3) is 12.5. The van der Waals surface area contributed by atoms with Crippen LogP contribution >= 0.6 is 0 Å². The van der Waals surface area contributed by atoms with Crippen LogP contribution in [0.3, 0.4) is 0 Å². The molecule has 0 saturated heterocycles. The molecular weight excluding hydrogens is 508 g/mol. The first-order valence-electron chi connectivity index (χ1n) is 14.2. The van der Waals surface area contributed by atoms with Crippen LogP contribution in [-0.4, -0.2) is 47.6 Å². The topological polar surface area (TPSA) is 122 Å². The molecule has 0 radical (unpaired) electrons. The summed E-state index contributed by atoms with van der Waals surface area (Å²) in [4.78, 5) is 48.6. The highest BCUT2D eigenvalue weighted by molar-refractivity contribution is 5.99. The van der Waals surface area contributed by atoms with Gasteiger partial charge in [0.15, 0.2) is 5.78 Å². The lowest BCUT2D eigenvalue weighted by Crippen LogP contribution is -2.34. The van der Waals surface area contributed by atoms with Crippen LogP contribution < -0.4 is 10.6 Å². The fourth-order valence-electron chi connectivity index (χ4n) is 4.22. The van der Waals surface area contributed by atoms with Crippen LogP contribution in [-0.2, 0) is 20.7 Å². The average Bonchev–Trinajstić information content (AvgIpc) is 2.90. The molecule has 0 aliphatic heterocycles. The number of ketones is 1. The Labute approximate surface area is 237 Å². The van der Waals surface area contributed by atoms with Crippen LogP contribution in [0.4, 0.5) is 4.79 Å². The minimum atomic E-state index is -1.00. The SMILES string of the molecule is CCCCc1ccc(-c2ccc(C(=O)C[C@@H](CCCCNC(=O)OC(C)(C)C)C(=O)NCCC(=O)O)cc2)cc1. The monoisotopic (exact) mass is 552 g/mol. The molecular formula is C32H44N2O6. The molecule has 0 aromatic heterocycles. The van der Waals surface area contributed by atoms with Gasteiger partial charge < -0.3 is 20.5 Å². The van der Waals surface area contributed by atoms with Crippen molar-refractivity contribution in [1.29, 1.82) is 0 Å². The maximum Gasteiger partial charge on any atom is 0.407 e. The summed E-state index contributed by atoms with van der Waals surface area (Å²) in [6.07, 6.45) is 4.37. The summed E-state index contributed by atoms with van der Waals surface area (Å²) in [6.45, 7) is 7.93. The number of ether oxygens (including phenoxy) is 1.